The molecule has 0 bridgehead atoms. The second-order valence-electron chi connectivity index (χ2n) is 8.83. The smallest absolute Gasteiger partial charge is 0.494 e. The van der Waals surface area contributed by atoms with Gasteiger partial charge >= 0.3 is 7.12 Å². The maximum Gasteiger partial charge on any atom is 0.494 e. The van der Waals surface area contributed by atoms with Crippen LogP contribution in [-0.4, -0.2) is 30.4 Å². The molecule has 2 heterocycles. The summed E-state index contributed by atoms with van der Waals surface area (Å²) in [6.45, 7) is 12.4. The van der Waals surface area contributed by atoms with Crippen molar-refractivity contribution in [2.45, 2.75) is 52.7 Å². The molecule has 0 atom stereocenters. The summed E-state index contributed by atoms with van der Waals surface area (Å²) >= 11 is 0. The number of methoxy groups -OCH3 is 1. The minimum Gasteiger partial charge on any atom is -0.496 e. The lowest BCUT2D eigenvalue weighted by Gasteiger charge is -2.32. The summed E-state index contributed by atoms with van der Waals surface area (Å²) in [5.74, 6) is 0.826. The molecule has 0 radical (unpaired) electrons. The van der Waals surface area contributed by atoms with Gasteiger partial charge in [0.05, 0.1) is 18.3 Å². The largest absolute Gasteiger partial charge is 0.496 e. The van der Waals surface area contributed by atoms with E-state index in [1.807, 2.05) is 19.1 Å². The van der Waals surface area contributed by atoms with Crippen molar-refractivity contribution in [2.24, 2.45) is 0 Å². The monoisotopic (exact) mass is 389 g/mol. The second kappa shape index (κ2) is 6.86. The van der Waals surface area contributed by atoms with Crippen LogP contribution in [0.4, 0.5) is 0 Å². The van der Waals surface area contributed by atoms with Gasteiger partial charge in [0, 0.05) is 22.3 Å². The van der Waals surface area contributed by atoms with Crippen molar-refractivity contribution < 1.29 is 14.0 Å². The molecule has 150 valence electrons. The van der Waals surface area contributed by atoms with Gasteiger partial charge in [0.15, 0.2) is 0 Å². The van der Waals surface area contributed by atoms with Gasteiger partial charge in [0.1, 0.15) is 5.75 Å². The molecule has 0 saturated carbocycles. The van der Waals surface area contributed by atoms with Crippen molar-refractivity contribution in [2.75, 3.05) is 7.11 Å². The zero-order valence-electron chi connectivity index (χ0n) is 18.3. The number of ether oxygens (including phenoxy) is 1. The van der Waals surface area contributed by atoms with E-state index in [2.05, 4.69) is 69.9 Å². The van der Waals surface area contributed by atoms with Crippen LogP contribution >= 0.6 is 0 Å². The number of hydrogen-bond donors (Lipinski definition) is 0. The summed E-state index contributed by atoms with van der Waals surface area (Å²) in [4.78, 5) is 4.57. The molecule has 0 N–H and O–H groups in total. The number of aromatic nitrogens is 1. The van der Waals surface area contributed by atoms with Gasteiger partial charge in [-0.05, 0) is 76.2 Å². The molecule has 2 aromatic carbocycles. The third-order valence-electron chi connectivity index (χ3n) is 6.21. The zero-order chi connectivity index (χ0) is 21.0. The van der Waals surface area contributed by atoms with E-state index in [0.29, 0.717) is 0 Å². The Bertz CT molecular complexity index is 1070. The Hall–Kier alpha value is -2.37. The predicted octanol–water partition coefficient (Wildman–Crippen LogP) is 4.83. The average Bonchev–Trinajstić information content (AvgIpc) is 2.88. The van der Waals surface area contributed by atoms with Gasteiger partial charge in [-0.15, -0.1) is 0 Å². The fraction of sp³-hybridized carbons (Fsp3) is 0.375. The third kappa shape index (κ3) is 3.43. The van der Waals surface area contributed by atoms with Gasteiger partial charge in [-0.2, -0.15) is 0 Å². The Balaban J connectivity index is 1.80. The van der Waals surface area contributed by atoms with Crippen molar-refractivity contribution in [3.05, 3.63) is 53.9 Å². The Morgan fingerprint density at radius 2 is 1.59 bits per heavy atom. The van der Waals surface area contributed by atoms with Crippen molar-refractivity contribution in [3.8, 4) is 16.9 Å². The van der Waals surface area contributed by atoms with Gasteiger partial charge in [-0.25, -0.2) is 0 Å². The van der Waals surface area contributed by atoms with E-state index in [9.17, 15) is 0 Å². The molecule has 1 aromatic heterocycles. The van der Waals surface area contributed by atoms with Crippen molar-refractivity contribution in [1.29, 1.82) is 0 Å². The number of hydrogen-bond acceptors (Lipinski definition) is 4. The molecular weight excluding hydrogens is 361 g/mol. The van der Waals surface area contributed by atoms with Crippen LogP contribution in [-0.2, 0) is 9.31 Å². The Labute approximate surface area is 173 Å². The lowest BCUT2D eigenvalue weighted by molar-refractivity contribution is 0.00578. The maximum absolute atomic E-state index is 6.24. The molecule has 4 rings (SSSR count). The van der Waals surface area contributed by atoms with E-state index in [4.69, 9.17) is 14.0 Å². The van der Waals surface area contributed by atoms with Crippen LogP contribution in [0, 0.1) is 13.8 Å². The minimum atomic E-state index is -0.404. The molecule has 3 aromatic rings. The molecule has 1 saturated heterocycles. The fourth-order valence-electron chi connectivity index (χ4n) is 3.84. The summed E-state index contributed by atoms with van der Waals surface area (Å²) in [6, 6.07) is 14.7. The van der Waals surface area contributed by atoms with Crippen LogP contribution in [0.5, 0.6) is 5.75 Å². The van der Waals surface area contributed by atoms with Crippen LogP contribution in [0.2, 0.25) is 0 Å². The fourth-order valence-corrected chi connectivity index (χ4v) is 3.84. The summed E-state index contributed by atoms with van der Waals surface area (Å²) < 4.78 is 18.2. The second-order valence-corrected chi connectivity index (χ2v) is 8.83. The lowest BCUT2D eigenvalue weighted by Crippen LogP contribution is -2.41. The molecule has 0 aliphatic carbocycles. The van der Waals surface area contributed by atoms with Crippen LogP contribution in [0.1, 0.15) is 39.1 Å². The minimum absolute atomic E-state index is 0.372. The SMILES string of the molecule is COc1ccc(B2OC(C)(C)C(C)(C)O2)cc1-c1ccc2c(C)nc(C)cc2c1. The molecule has 1 aliphatic heterocycles. The topological polar surface area (TPSA) is 40.6 Å². The summed E-state index contributed by atoms with van der Waals surface area (Å²) in [5.41, 5.74) is 4.42. The molecule has 29 heavy (non-hydrogen) atoms. The molecule has 1 aliphatic rings. The normalized spacial score (nSPS) is 17.7. The van der Waals surface area contributed by atoms with Crippen LogP contribution in [0.15, 0.2) is 42.5 Å². The van der Waals surface area contributed by atoms with Crippen molar-refractivity contribution >= 4 is 23.4 Å². The number of fused-ring (bicyclic) bond motifs is 1. The van der Waals surface area contributed by atoms with Crippen LogP contribution in [0.3, 0.4) is 0 Å². The van der Waals surface area contributed by atoms with E-state index in [0.717, 1.165) is 33.7 Å². The average molecular weight is 389 g/mol. The maximum atomic E-state index is 6.24. The highest BCUT2D eigenvalue weighted by molar-refractivity contribution is 6.62. The number of pyridine rings is 1. The zero-order valence-corrected chi connectivity index (χ0v) is 18.3. The highest BCUT2D eigenvalue weighted by Crippen LogP contribution is 2.38. The predicted molar refractivity (Wildman–Crippen MR) is 119 cm³/mol. The van der Waals surface area contributed by atoms with Crippen molar-refractivity contribution in [1.82, 2.24) is 4.98 Å². The summed E-state index contributed by atoms with van der Waals surface area (Å²) in [7, 11) is 1.30. The first kappa shape index (κ1) is 19.9. The molecule has 0 spiro atoms. The van der Waals surface area contributed by atoms with Gasteiger partial charge in [0.2, 0.25) is 0 Å². The molecule has 1 fully saturated rings. The Kier molecular flexibility index (Phi) is 4.71. The molecule has 0 amide bonds. The number of benzene rings is 2. The Morgan fingerprint density at radius 1 is 0.897 bits per heavy atom. The van der Waals surface area contributed by atoms with E-state index in [1.165, 1.54) is 10.8 Å². The third-order valence-corrected chi connectivity index (χ3v) is 6.21. The first-order chi connectivity index (χ1) is 13.6. The molecular formula is C24H28BNO3. The lowest BCUT2D eigenvalue weighted by atomic mass is 9.77. The van der Waals surface area contributed by atoms with Gasteiger partial charge in [-0.1, -0.05) is 24.3 Å². The summed E-state index contributed by atoms with van der Waals surface area (Å²) in [6.07, 6.45) is 0. The number of rotatable bonds is 3. The van der Waals surface area contributed by atoms with Gasteiger partial charge in [0.25, 0.3) is 0 Å². The number of aryl methyl sites for hydroxylation is 2. The van der Waals surface area contributed by atoms with E-state index < -0.39 is 7.12 Å². The highest BCUT2D eigenvalue weighted by Gasteiger charge is 2.51. The first-order valence-electron chi connectivity index (χ1n) is 10.0. The van der Waals surface area contributed by atoms with Gasteiger partial charge < -0.3 is 14.0 Å². The molecule has 4 nitrogen and oxygen atoms in total. The van der Waals surface area contributed by atoms with Gasteiger partial charge in [-0.3, -0.25) is 4.98 Å². The van der Waals surface area contributed by atoms with E-state index >= 15 is 0 Å². The van der Waals surface area contributed by atoms with E-state index in [1.54, 1.807) is 7.11 Å². The van der Waals surface area contributed by atoms with E-state index in [-0.39, 0.29) is 11.2 Å². The molecule has 5 heteroatoms. The first-order valence-corrected chi connectivity index (χ1v) is 10.0. The highest BCUT2D eigenvalue weighted by atomic mass is 16.7. The Morgan fingerprint density at radius 3 is 2.24 bits per heavy atom. The van der Waals surface area contributed by atoms with Crippen LogP contribution in [0.25, 0.3) is 21.9 Å². The standard InChI is InChI=1S/C24H28BNO3/c1-15-12-18-13-17(8-10-20(18)16(2)26-15)21-14-19(9-11-22(21)27-7)25-28-23(3,4)24(5,6)29-25/h8-14H,1-7H3. The summed E-state index contributed by atoms with van der Waals surface area (Å²) in [5, 5.41) is 2.34. The van der Waals surface area contributed by atoms with Crippen LogP contribution < -0.4 is 10.2 Å². The van der Waals surface area contributed by atoms with Crippen molar-refractivity contribution in [3.63, 3.8) is 0 Å². The molecule has 0 unspecified atom stereocenters. The number of nitrogens with zero attached hydrogens (tertiary/aromatic N) is 1. The quantitative estimate of drug-likeness (QED) is 0.602.